The van der Waals surface area contributed by atoms with Crippen molar-refractivity contribution in [3.05, 3.63) is 30.3 Å². The van der Waals surface area contributed by atoms with Gasteiger partial charge in [0.1, 0.15) is 0 Å². The maximum atomic E-state index is 11.4. The molecule has 1 aromatic rings. The zero-order valence-corrected chi connectivity index (χ0v) is 8.69. The Bertz CT molecular complexity index is 496. The van der Waals surface area contributed by atoms with Crippen LogP contribution in [0.1, 0.15) is 0 Å². The summed E-state index contributed by atoms with van der Waals surface area (Å²) in [6, 6.07) is 7.21. The molecule has 1 amide bonds. The molecule has 1 aromatic carbocycles. The van der Waals surface area contributed by atoms with Crippen LogP contribution in [0, 0.1) is 0 Å². The summed E-state index contributed by atoms with van der Waals surface area (Å²) in [6.07, 6.45) is 0. The van der Waals surface area contributed by atoms with Gasteiger partial charge in [-0.2, -0.15) is 0 Å². The van der Waals surface area contributed by atoms with Crippen molar-refractivity contribution >= 4 is 21.9 Å². The number of aliphatic carboxylic acids is 1. The van der Waals surface area contributed by atoms with Gasteiger partial charge in [0.05, 0.1) is 4.90 Å². The van der Waals surface area contributed by atoms with Gasteiger partial charge < -0.3 is 5.11 Å². The van der Waals surface area contributed by atoms with E-state index in [-0.39, 0.29) is 4.90 Å². The Labute approximate surface area is 91.1 Å². The molecule has 0 unspecified atom stereocenters. The minimum atomic E-state index is -3.93. The molecule has 8 heteroatoms. The number of carboxylic acids is 1. The van der Waals surface area contributed by atoms with Crippen molar-refractivity contribution in [1.82, 2.24) is 10.3 Å². The van der Waals surface area contributed by atoms with Crippen LogP contribution in [0.4, 0.5) is 0 Å². The number of benzene rings is 1. The van der Waals surface area contributed by atoms with Crippen molar-refractivity contribution in [1.29, 1.82) is 0 Å². The summed E-state index contributed by atoms with van der Waals surface area (Å²) in [7, 11) is -3.93. The lowest BCUT2D eigenvalue weighted by Gasteiger charge is -2.05. The number of hydrogen-bond donors (Lipinski definition) is 3. The van der Waals surface area contributed by atoms with Gasteiger partial charge in [0.25, 0.3) is 10.0 Å². The summed E-state index contributed by atoms with van der Waals surface area (Å²) < 4.78 is 22.9. The number of carbonyl (C=O) groups is 2. The van der Waals surface area contributed by atoms with Gasteiger partial charge in [-0.3, -0.25) is 10.2 Å². The zero-order chi connectivity index (χ0) is 12.2. The highest BCUT2D eigenvalue weighted by molar-refractivity contribution is 7.89. The highest BCUT2D eigenvalue weighted by Crippen LogP contribution is 2.05. The first-order chi connectivity index (χ1) is 7.43. The van der Waals surface area contributed by atoms with Crippen LogP contribution in [0.3, 0.4) is 0 Å². The Morgan fingerprint density at radius 2 is 1.69 bits per heavy atom. The summed E-state index contributed by atoms with van der Waals surface area (Å²) in [6.45, 7) is 0. The van der Waals surface area contributed by atoms with Crippen LogP contribution < -0.4 is 10.3 Å². The van der Waals surface area contributed by atoms with E-state index in [2.05, 4.69) is 0 Å². The smallest absolute Gasteiger partial charge is 0.395 e. The van der Waals surface area contributed by atoms with Gasteiger partial charge >= 0.3 is 11.9 Å². The topological polar surface area (TPSA) is 113 Å². The minimum absolute atomic E-state index is 0.0827. The molecule has 3 N–H and O–H groups in total. The second kappa shape index (κ2) is 4.73. The molecule has 7 nitrogen and oxygen atoms in total. The van der Waals surface area contributed by atoms with Crippen LogP contribution in [-0.2, 0) is 19.6 Å². The van der Waals surface area contributed by atoms with Crippen LogP contribution in [0.5, 0.6) is 0 Å². The Balaban J connectivity index is 2.75. The van der Waals surface area contributed by atoms with Gasteiger partial charge in [0.15, 0.2) is 0 Å². The quantitative estimate of drug-likeness (QED) is 0.470. The van der Waals surface area contributed by atoms with E-state index in [1.165, 1.54) is 24.3 Å². The van der Waals surface area contributed by atoms with Crippen molar-refractivity contribution in [2.24, 2.45) is 0 Å². The fraction of sp³-hybridized carbons (Fsp3) is 0. The molecule has 16 heavy (non-hydrogen) atoms. The van der Waals surface area contributed by atoms with Gasteiger partial charge in [0, 0.05) is 0 Å². The first-order valence-electron chi connectivity index (χ1n) is 4.03. The Kier molecular flexibility index (Phi) is 3.59. The largest absolute Gasteiger partial charge is 0.474 e. The van der Waals surface area contributed by atoms with E-state index < -0.39 is 21.9 Å². The van der Waals surface area contributed by atoms with E-state index in [0.717, 1.165) is 0 Å². The summed E-state index contributed by atoms with van der Waals surface area (Å²) in [4.78, 5) is 22.3. The maximum Gasteiger partial charge on any atom is 0.395 e. The molecule has 0 fully saturated rings. The van der Waals surface area contributed by atoms with Gasteiger partial charge in [-0.1, -0.05) is 18.2 Å². The second-order valence-corrected chi connectivity index (χ2v) is 4.36. The zero-order valence-electron chi connectivity index (χ0n) is 7.88. The van der Waals surface area contributed by atoms with Crippen molar-refractivity contribution in [2.45, 2.75) is 4.90 Å². The molecular formula is C8H8N2O5S. The van der Waals surface area contributed by atoms with Gasteiger partial charge in [0.2, 0.25) is 0 Å². The molecule has 0 radical (unpaired) electrons. The molecule has 0 aromatic heterocycles. The van der Waals surface area contributed by atoms with Crippen LogP contribution in [0.15, 0.2) is 35.2 Å². The Morgan fingerprint density at radius 3 is 2.19 bits per heavy atom. The predicted molar refractivity (Wildman–Crippen MR) is 52.5 cm³/mol. The normalized spacial score (nSPS) is 10.8. The molecule has 0 saturated carbocycles. The number of carbonyl (C=O) groups excluding carboxylic acids is 1. The lowest BCUT2D eigenvalue weighted by molar-refractivity contribution is -0.150. The van der Waals surface area contributed by atoms with Crippen LogP contribution in [-0.4, -0.2) is 25.4 Å². The SMILES string of the molecule is O=C(O)C(=O)NNS(=O)(=O)c1ccccc1. The minimum Gasteiger partial charge on any atom is -0.474 e. The number of carboxylic acid groups (broad SMARTS) is 1. The monoisotopic (exact) mass is 244 g/mol. The first-order valence-corrected chi connectivity index (χ1v) is 5.52. The standard InChI is InChI=1S/C8H8N2O5S/c11-7(8(12)13)9-10-16(14,15)6-4-2-1-3-5-6/h1-5,10H,(H,9,11)(H,12,13). The average molecular weight is 244 g/mol. The second-order valence-electron chi connectivity index (χ2n) is 2.68. The van der Waals surface area contributed by atoms with Gasteiger partial charge in [-0.15, -0.1) is 4.83 Å². The number of rotatable bonds is 3. The molecular weight excluding hydrogens is 236 g/mol. The highest BCUT2D eigenvalue weighted by atomic mass is 32.2. The predicted octanol–water partition coefficient (Wildman–Crippen LogP) is -0.919. The number of hydrogen-bond acceptors (Lipinski definition) is 4. The number of nitrogens with one attached hydrogen (secondary N) is 2. The molecule has 0 atom stereocenters. The molecule has 0 saturated heterocycles. The summed E-state index contributed by atoms with van der Waals surface area (Å²) >= 11 is 0. The van der Waals surface area contributed by atoms with E-state index in [9.17, 15) is 18.0 Å². The molecule has 0 aliphatic rings. The third kappa shape index (κ3) is 3.04. The third-order valence-corrected chi connectivity index (χ3v) is 2.81. The summed E-state index contributed by atoms with van der Waals surface area (Å²) in [5.74, 6) is -3.24. The molecule has 0 aliphatic carbocycles. The number of amides is 1. The van der Waals surface area contributed by atoms with E-state index in [0.29, 0.717) is 0 Å². The van der Waals surface area contributed by atoms with Crippen molar-refractivity contribution in [2.75, 3.05) is 0 Å². The van der Waals surface area contributed by atoms with Crippen LogP contribution >= 0.6 is 0 Å². The Morgan fingerprint density at radius 1 is 1.12 bits per heavy atom. The average Bonchev–Trinajstić information content (AvgIpc) is 2.27. The first kappa shape index (κ1) is 12.1. The van der Waals surface area contributed by atoms with Gasteiger partial charge in [-0.05, 0) is 12.1 Å². The van der Waals surface area contributed by atoms with E-state index >= 15 is 0 Å². The lowest BCUT2D eigenvalue weighted by Crippen LogP contribution is -2.44. The van der Waals surface area contributed by atoms with Crippen molar-refractivity contribution in [3.8, 4) is 0 Å². The fourth-order valence-corrected chi connectivity index (χ4v) is 1.69. The maximum absolute atomic E-state index is 11.4. The van der Waals surface area contributed by atoms with E-state index in [1.54, 1.807) is 16.3 Å². The van der Waals surface area contributed by atoms with E-state index in [4.69, 9.17) is 5.11 Å². The molecule has 0 bridgehead atoms. The molecule has 0 spiro atoms. The van der Waals surface area contributed by atoms with Crippen molar-refractivity contribution in [3.63, 3.8) is 0 Å². The summed E-state index contributed by atoms with van der Waals surface area (Å²) in [5.41, 5.74) is 1.54. The fourth-order valence-electron chi connectivity index (χ4n) is 0.826. The summed E-state index contributed by atoms with van der Waals surface area (Å²) in [5, 5.41) is 8.20. The number of hydrazine groups is 1. The number of sulfonamides is 1. The van der Waals surface area contributed by atoms with Crippen molar-refractivity contribution < 1.29 is 23.1 Å². The van der Waals surface area contributed by atoms with E-state index in [1.807, 2.05) is 0 Å². The Hall–Kier alpha value is -1.93. The van der Waals surface area contributed by atoms with Crippen LogP contribution in [0.2, 0.25) is 0 Å². The molecule has 0 heterocycles. The lowest BCUT2D eigenvalue weighted by atomic mass is 10.4. The molecule has 1 rings (SSSR count). The highest BCUT2D eigenvalue weighted by Gasteiger charge is 2.17. The molecule has 0 aliphatic heterocycles. The molecule has 86 valence electrons. The van der Waals surface area contributed by atoms with Crippen LogP contribution in [0.25, 0.3) is 0 Å². The van der Waals surface area contributed by atoms with Gasteiger partial charge in [-0.25, -0.2) is 13.2 Å². The third-order valence-electron chi connectivity index (χ3n) is 1.55.